The lowest BCUT2D eigenvalue weighted by Crippen LogP contribution is -2.62. The first-order valence-electron chi connectivity index (χ1n) is 10.2. The fourth-order valence-electron chi connectivity index (χ4n) is 4.86. The maximum atomic E-state index is 6.62. The van der Waals surface area contributed by atoms with Gasteiger partial charge in [-0.05, 0) is 69.9 Å². The summed E-state index contributed by atoms with van der Waals surface area (Å²) < 4.78 is 11.1. The number of halogens is 1. The second-order valence-corrected chi connectivity index (χ2v) is 9.92. The Morgan fingerprint density at radius 2 is 1.66 bits per heavy atom. The number of hydrogen-bond acceptors (Lipinski definition) is 5. The second kappa shape index (κ2) is 7.78. The average molecular weight is 416 g/mol. The summed E-state index contributed by atoms with van der Waals surface area (Å²) in [6.45, 7) is 11.0. The molecule has 1 aromatic heterocycles. The van der Waals surface area contributed by atoms with E-state index in [1.54, 1.807) is 0 Å². The molecule has 156 valence electrons. The fourth-order valence-corrected chi connectivity index (χ4v) is 5.08. The van der Waals surface area contributed by atoms with Gasteiger partial charge in [-0.25, -0.2) is 0 Å². The minimum atomic E-state index is 0.0710. The topological polar surface area (TPSA) is 46.6 Å². The van der Waals surface area contributed by atoms with E-state index in [9.17, 15) is 0 Å². The van der Waals surface area contributed by atoms with Gasteiger partial charge in [0.1, 0.15) is 0 Å². The molecule has 29 heavy (non-hydrogen) atoms. The van der Waals surface area contributed by atoms with E-state index in [2.05, 4.69) is 55.0 Å². The van der Waals surface area contributed by atoms with Crippen molar-refractivity contribution in [1.29, 1.82) is 0 Å². The van der Waals surface area contributed by atoms with Crippen molar-refractivity contribution in [2.24, 2.45) is 0 Å². The van der Waals surface area contributed by atoms with Gasteiger partial charge in [0, 0.05) is 53.7 Å². The molecule has 0 bridgehead atoms. The number of benzene rings is 1. The summed E-state index contributed by atoms with van der Waals surface area (Å²) in [6.07, 6.45) is 5.86. The van der Waals surface area contributed by atoms with Crippen LogP contribution in [0.15, 0.2) is 36.7 Å². The van der Waals surface area contributed by atoms with Crippen LogP contribution in [0.2, 0.25) is 5.02 Å². The van der Waals surface area contributed by atoms with E-state index < -0.39 is 0 Å². The van der Waals surface area contributed by atoms with Crippen LogP contribution in [0.4, 0.5) is 0 Å². The molecule has 2 aliphatic rings. The van der Waals surface area contributed by atoms with E-state index in [1.165, 1.54) is 5.56 Å². The van der Waals surface area contributed by atoms with Gasteiger partial charge < -0.3 is 14.8 Å². The normalized spacial score (nSPS) is 20.2. The maximum Gasteiger partial charge on any atom is 0.231 e. The Kier molecular flexibility index (Phi) is 5.49. The van der Waals surface area contributed by atoms with Crippen LogP contribution in [0.25, 0.3) is 0 Å². The lowest BCUT2D eigenvalue weighted by atomic mass is 9.78. The molecule has 1 N–H and O–H groups in total. The van der Waals surface area contributed by atoms with Crippen molar-refractivity contribution >= 4 is 11.6 Å². The zero-order valence-electron chi connectivity index (χ0n) is 17.7. The SMILES string of the molecule is CC1(C)CC(N(Cc2ccncc2)Cc2cc3c(cc2Cl)OCO3)CC(C)(C)N1. The summed E-state index contributed by atoms with van der Waals surface area (Å²) in [4.78, 5) is 6.71. The number of piperidine rings is 1. The largest absolute Gasteiger partial charge is 0.454 e. The molecule has 0 spiro atoms. The minimum Gasteiger partial charge on any atom is -0.454 e. The van der Waals surface area contributed by atoms with Gasteiger partial charge in [-0.2, -0.15) is 0 Å². The van der Waals surface area contributed by atoms with Gasteiger partial charge in [0.05, 0.1) is 0 Å². The van der Waals surface area contributed by atoms with Crippen LogP contribution in [-0.4, -0.2) is 33.8 Å². The van der Waals surface area contributed by atoms with Crippen molar-refractivity contribution in [3.05, 3.63) is 52.8 Å². The molecule has 4 rings (SSSR count). The predicted octanol–water partition coefficient (Wildman–Crippen LogP) is 4.78. The lowest BCUT2D eigenvalue weighted by Gasteiger charge is -2.50. The fraction of sp³-hybridized carbons (Fsp3) is 0.522. The van der Waals surface area contributed by atoms with Crippen LogP contribution in [0.3, 0.4) is 0 Å². The van der Waals surface area contributed by atoms with Crippen molar-refractivity contribution in [3.8, 4) is 11.5 Å². The third-order valence-electron chi connectivity index (χ3n) is 5.74. The van der Waals surface area contributed by atoms with Crippen molar-refractivity contribution in [1.82, 2.24) is 15.2 Å². The van der Waals surface area contributed by atoms with Gasteiger partial charge in [-0.3, -0.25) is 9.88 Å². The molecule has 1 aromatic carbocycles. The van der Waals surface area contributed by atoms with Crippen LogP contribution < -0.4 is 14.8 Å². The van der Waals surface area contributed by atoms with Gasteiger partial charge in [-0.1, -0.05) is 11.6 Å². The van der Waals surface area contributed by atoms with Crippen molar-refractivity contribution in [3.63, 3.8) is 0 Å². The highest BCUT2D eigenvalue weighted by Gasteiger charge is 2.40. The third-order valence-corrected chi connectivity index (χ3v) is 6.09. The monoisotopic (exact) mass is 415 g/mol. The molecule has 1 saturated heterocycles. The quantitative estimate of drug-likeness (QED) is 0.761. The standard InChI is InChI=1S/C23H30ClN3O2/c1-22(2)11-18(12-23(3,4)26-22)27(13-16-5-7-25-8-6-16)14-17-9-20-21(10-19(17)24)29-15-28-20/h5-10,18,26H,11-15H2,1-4H3. The number of hydrogen-bond donors (Lipinski definition) is 1. The van der Waals surface area contributed by atoms with E-state index in [0.717, 1.165) is 48.0 Å². The first-order valence-corrected chi connectivity index (χ1v) is 10.6. The number of pyridine rings is 1. The van der Waals surface area contributed by atoms with Gasteiger partial charge in [0.25, 0.3) is 0 Å². The first kappa shape index (κ1) is 20.5. The number of ether oxygens (including phenoxy) is 2. The average Bonchev–Trinajstić information content (AvgIpc) is 3.06. The summed E-state index contributed by atoms with van der Waals surface area (Å²) in [5, 5.41) is 4.51. The summed E-state index contributed by atoms with van der Waals surface area (Å²) in [7, 11) is 0. The zero-order valence-corrected chi connectivity index (χ0v) is 18.4. The minimum absolute atomic E-state index is 0.0710. The summed E-state index contributed by atoms with van der Waals surface area (Å²) in [5.74, 6) is 1.50. The number of nitrogens with zero attached hydrogens (tertiary/aromatic N) is 2. The van der Waals surface area contributed by atoms with Crippen LogP contribution in [0.1, 0.15) is 51.7 Å². The Hall–Kier alpha value is -1.82. The lowest BCUT2D eigenvalue weighted by molar-refractivity contribution is 0.0563. The molecule has 0 saturated carbocycles. The molecule has 0 radical (unpaired) electrons. The molecule has 6 heteroatoms. The molecule has 2 aliphatic heterocycles. The van der Waals surface area contributed by atoms with Gasteiger partial charge >= 0.3 is 0 Å². The zero-order chi connectivity index (χ0) is 20.6. The number of nitrogens with one attached hydrogen (secondary N) is 1. The molecular formula is C23H30ClN3O2. The highest BCUT2D eigenvalue weighted by atomic mass is 35.5. The van der Waals surface area contributed by atoms with Crippen LogP contribution in [0, 0.1) is 0 Å². The van der Waals surface area contributed by atoms with E-state index >= 15 is 0 Å². The summed E-state index contributed by atoms with van der Waals surface area (Å²) in [5.41, 5.74) is 2.47. The Labute approximate surface area is 178 Å². The van der Waals surface area contributed by atoms with E-state index in [1.807, 2.05) is 24.5 Å². The highest BCUT2D eigenvalue weighted by molar-refractivity contribution is 6.31. The second-order valence-electron chi connectivity index (χ2n) is 9.51. The van der Waals surface area contributed by atoms with Gasteiger partial charge in [-0.15, -0.1) is 0 Å². The molecule has 5 nitrogen and oxygen atoms in total. The van der Waals surface area contributed by atoms with Gasteiger partial charge in [0.15, 0.2) is 11.5 Å². The molecule has 1 fully saturated rings. The Morgan fingerprint density at radius 1 is 1.03 bits per heavy atom. The molecule has 0 amide bonds. The Morgan fingerprint density at radius 3 is 2.31 bits per heavy atom. The molecule has 0 aliphatic carbocycles. The Balaban J connectivity index is 1.64. The van der Waals surface area contributed by atoms with E-state index in [0.29, 0.717) is 6.04 Å². The Bertz CT molecular complexity index is 854. The molecule has 0 atom stereocenters. The molecule has 0 unspecified atom stereocenters. The van der Waals surface area contributed by atoms with Crippen molar-refractivity contribution < 1.29 is 9.47 Å². The molecule has 2 aromatic rings. The van der Waals surface area contributed by atoms with Crippen LogP contribution in [-0.2, 0) is 13.1 Å². The van der Waals surface area contributed by atoms with Crippen molar-refractivity contribution in [2.75, 3.05) is 6.79 Å². The number of rotatable bonds is 5. The summed E-state index contributed by atoms with van der Waals surface area (Å²) >= 11 is 6.62. The summed E-state index contributed by atoms with van der Waals surface area (Å²) in [6, 6.07) is 8.51. The number of aromatic nitrogens is 1. The smallest absolute Gasteiger partial charge is 0.231 e. The van der Waals surface area contributed by atoms with Crippen LogP contribution >= 0.6 is 11.6 Å². The molecule has 3 heterocycles. The predicted molar refractivity (Wildman–Crippen MR) is 115 cm³/mol. The first-order chi connectivity index (χ1) is 13.7. The van der Waals surface area contributed by atoms with E-state index in [4.69, 9.17) is 21.1 Å². The third kappa shape index (κ3) is 4.85. The van der Waals surface area contributed by atoms with Crippen LogP contribution in [0.5, 0.6) is 11.5 Å². The molecular weight excluding hydrogens is 386 g/mol. The van der Waals surface area contributed by atoms with E-state index in [-0.39, 0.29) is 17.9 Å². The van der Waals surface area contributed by atoms with Gasteiger partial charge in [0.2, 0.25) is 6.79 Å². The number of fused-ring (bicyclic) bond motifs is 1. The highest BCUT2D eigenvalue weighted by Crippen LogP contribution is 2.39. The maximum absolute atomic E-state index is 6.62. The van der Waals surface area contributed by atoms with Crippen molar-refractivity contribution in [2.45, 2.75) is 70.7 Å².